The Kier molecular flexibility index (Phi) is 8.06. The molecular formula is C39H52O9. The maximum absolute atomic E-state index is 13.3. The van der Waals surface area contributed by atoms with Gasteiger partial charge in [-0.05, 0) is 81.6 Å². The molecule has 3 heterocycles. The van der Waals surface area contributed by atoms with Crippen molar-refractivity contribution in [3.05, 3.63) is 47.5 Å². The summed E-state index contributed by atoms with van der Waals surface area (Å²) < 4.78 is 31.7. The molecule has 13 unspecified atom stereocenters. The van der Waals surface area contributed by atoms with Crippen LogP contribution in [0, 0.1) is 28.6 Å². The van der Waals surface area contributed by atoms with E-state index in [4.69, 9.17) is 23.7 Å². The number of carbonyl (C=O) groups is 2. The third kappa shape index (κ3) is 4.70. The van der Waals surface area contributed by atoms with Crippen molar-refractivity contribution in [2.45, 2.75) is 146 Å². The van der Waals surface area contributed by atoms with Gasteiger partial charge in [-0.15, -0.1) is 0 Å². The molecular weight excluding hydrogens is 612 g/mol. The van der Waals surface area contributed by atoms with Crippen molar-refractivity contribution in [3.8, 4) is 0 Å². The highest BCUT2D eigenvalue weighted by molar-refractivity contribution is 5.85. The molecule has 13 atom stereocenters. The number of hydrogen-bond acceptors (Lipinski definition) is 9. The topological polar surface area (TPSA) is 121 Å². The summed E-state index contributed by atoms with van der Waals surface area (Å²) in [5, 5.41) is 25.0. The quantitative estimate of drug-likeness (QED) is 0.221. The van der Waals surface area contributed by atoms with Gasteiger partial charge in [0.15, 0.2) is 12.1 Å². The van der Waals surface area contributed by atoms with Gasteiger partial charge in [0, 0.05) is 36.3 Å². The Morgan fingerprint density at radius 3 is 2.52 bits per heavy atom. The molecule has 262 valence electrons. The van der Waals surface area contributed by atoms with E-state index in [0.717, 1.165) is 49.5 Å². The zero-order valence-corrected chi connectivity index (χ0v) is 28.6. The highest BCUT2D eigenvalue weighted by Crippen LogP contribution is 2.70. The fourth-order valence-corrected chi connectivity index (χ4v) is 11.9. The lowest BCUT2D eigenvalue weighted by Crippen LogP contribution is -2.69. The van der Waals surface area contributed by atoms with Gasteiger partial charge in [0.05, 0.1) is 34.9 Å². The zero-order valence-electron chi connectivity index (χ0n) is 28.6. The van der Waals surface area contributed by atoms with Crippen LogP contribution in [0.5, 0.6) is 0 Å². The van der Waals surface area contributed by atoms with Gasteiger partial charge in [0.25, 0.3) is 0 Å². The standard InChI is InChI=1S/C39H52O9/c1-4-14-39(26-8-6-5-7-9-26)47-31-20-33(45-24(2)34(31)48-39)46-27-10-16-36(23-40)29-11-15-35(3)28(25-19-32(41)44-22-25)13-18-38(35,43)30(29)12-17-37(36,42)21-27/h5-9,19,23-24,27-31,33-34,42-43H,4,10-18,20-22H2,1-3H3. The van der Waals surface area contributed by atoms with Crippen molar-refractivity contribution in [2.24, 2.45) is 28.6 Å². The van der Waals surface area contributed by atoms with E-state index in [1.54, 1.807) is 6.08 Å². The minimum Gasteiger partial charge on any atom is -0.458 e. The number of cyclic esters (lactones) is 1. The van der Waals surface area contributed by atoms with Crippen LogP contribution in [0.25, 0.3) is 0 Å². The summed E-state index contributed by atoms with van der Waals surface area (Å²) in [5.41, 5.74) is -1.50. The molecule has 3 aliphatic heterocycles. The van der Waals surface area contributed by atoms with E-state index in [1.165, 1.54) is 0 Å². The summed E-state index contributed by atoms with van der Waals surface area (Å²) >= 11 is 0. The SMILES string of the molecule is CCCC1(c2ccccc2)OC2CC(OC3CCC4(C=O)C5CCC6(C)C(C7=CC(=O)OC7)CCC6(O)C5CCC4(O)C3)OC(C)C2O1. The molecule has 2 N–H and O–H groups in total. The van der Waals surface area contributed by atoms with Crippen LogP contribution in [-0.4, -0.2) is 71.0 Å². The molecule has 0 aromatic heterocycles. The van der Waals surface area contributed by atoms with E-state index >= 15 is 0 Å². The van der Waals surface area contributed by atoms with E-state index < -0.39 is 34.1 Å². The Bertz CT molecular complexity index is 1450. The Morgan fingerprint density at radius 2 is 1.79 bits per heavy atom. The van der Waals surface area contributed by atoms with Crippen LogP contribution in [0.2, 0.25) is 0 Å². The van der Waals surface area contributed by atoms with E-state index in [9.17, 15) is 19.8 Å². The molecule has 2 saturated heterocycles. The lowest BCUT2D eigenvalue weighted by Gasteiger charge is -2.65. The summed E-state index contributed by atoms with van der Waals surface area (Å²) in [5.74, 6) is -1.22. The molecule has 0 radical (unpaired) electrons. The van der Waals surface area contributed by atoms with Crippen LogP contribution in [0.15, 0.2) is 42.0 Å². The molecule has 6 fully saturated rings. The van der Waals surface area contributed by atoms with Gasteiger partial charge in [-0.3, -0.25) is 0 Å². The highest BCUT2D eigenvalue weighted by Gasteiger charge is 2.71. The second kappa shape index (κ2) is 11.7. The van der Waals surface area contributed by atoms with Crippen LogP contribution in [0.1, 0.15) is 103 Å². The number of rotatable bonds is 7. The molecule has 9 heteroatoms. The second-order valence-electron chi connectivity index (χ2n) is 16.4. The van der Waals surface area contributed by atoms with Crippen molar-refractivity contribution in [3.63, 3.8) is 0 Å². The molecule has 8 rings (SSSR count). The molecule has 9 nitrogen and oxygen atoms in total. The maximum Gasteiger partial charge on any atom is 0.331 e. The van der Waals surface area contributed by atoms with Crippen molar-refractivity contribution < 1.29 is 43.5 Å². The minimum absolute atomic E-state index is 0.0820. The lowest BCUT2D eigenvalue weighted by molar-refractivity contribution is -0.278. The van der Waals surface area contributed by atoms with E-state index in [1.807, 2.05) is 25.1 Å². The van der Waals surface area contributed by atoms with Crippen LogP contribution in [0.3, 0.4) is 0 Å². The van der Waals surface area contributed by atoms with Gasteiger partial charge < -0.3 is 38.7 Å². The highest BCUT2D eigenvalue weighted by atomic mass is 16.8. The second-order valence-corrected chi connectivity index (χ2v) is 16.4. The number of hydrogen-bond donors (Lipinski definition) is 2. The van der Waals surface area contributed by atoms with Crippen molar-refractivity contribution >= 4 is 12.3 Å². The number of carbonyl (C=O) groups excluding carboxylic acids is 2. The molecule has 7 aliphatic rings. The van der Waals surface area contributed by atoms with Gasteiger partial charge in [0.2, 0.25) is 0 Å². The van der Waals surface area contributed by atoms with Crippen molar-refractivity contribution in [1.29, 1.82) is 0 Å². The first-order valence-electron chi connectivity index (χ1n) is 18.5. The molecule has 4 saturated carbocycles. The van der Waals surface area contributed by atoms with Gasteiger partial charge >= 0.3 is 5.97 Å². The number of fused-ring (bicyclic) bond motifs is 6. The Labute approximate surface area is 283 Å². The maximum atomic E-state index is 13.3. The molecule has 48 heavy (non-hydrogen) atoms. The Balaban J connectivity index is 0.969. The molecule has 4 aliphatic carbocycles. The third-order valence-corrected chi connectivity index (χ3v) is 14.3. The molecule has 0 spiro atoms. The average molecular weight is 665 g/mol. The normalized spacial score (nSPS) is 49.7. The van der Waals surface area contributed by atoms with Gasteiger partial charge in [0.1, 0.15) is 19.0 Å². The summed E-state index contributed by atoms with van der Waals surface area (Å²) in [6.07, 6.45) is 9.03. The largest absolute Gasteiger partial charge is 0.458 e. The molecule has 0 amide bonds. The average Bonchev–Trinajstić information content (AvgIpc) is 3.75. The monoisotopic (exact) mass is 664 g/mol. The summed E-state index contributed by atoms with van der Waals surface area (Å²) in [6.45, 7) is 6.62. The van der Waals surface area contributed by atoms with Crippen LogP contribution >= 0.6 is 0 Å². The molecule has 0 bridgehead atoms. The molecule has 1 aromatic carbocycles. The predicted molar refractivity (Wildman–Crippen MR) is 174 cm³/mol. The number of benzene rings is 1. The van der Waals surface area contributed by atoms with Gasteiger partial charge in [-0.1, -0.05) is 50.6 Å². The number of ether oxygens (including phenoxy) is 5. The molecule has 1 aromatic rings. The summed E-state index contributed by atoms with van der Waals surface area (Å²) in [4.78, 5) is 25.2. The van der Waals surface area contributed by atoms with E-state index in [2.05, 4.69) is 26.0 Å². The predicted octanol–water partition coefficient (Wildman–Crippen LogP) is 5.49. The number of esters is 1. The fourth-order valence-electron chi connectivity index (χ4n) is 11.9. The van der Waals surface area contributed by atoms with Gasteiger partial charge in [-0.2, -0.15) is 0 Å². The summed E-state index contributed by atoms with van der Waals surface area (Å²) in [6, 6.07) is 10.1. The lowest BCUT2D eigenvalue weighted by atomic mass is 9.41. The van der Waals surface area contributed by atoms with E-state index in [0.29, 0.717) is 51.6 Å². The number of aldehydes is 1. The number of aliphatic hydroxyl groups is 2. The van der Waals surface area contributed by atoms with Crippen LogP contribution < -0.4 is 0 Å². The van der Waals surface area contributed by atoms with E-state index in [-0.39, 0.29) is 48.1 Å². The fraction of sp³-hybridized carbons (Fsp3) is 0.744. The smallest absolute Gasteiger partial charge is 0.331 e. The Morgan fingerprint density at radius 1 is 1.00 bits per heavy atom. The van der Waals surface area contributed by atoms with Crippen LogP contribution in [-0.2, 0) is 39.1 Å². The Hall–Kier alpha value is -2.14. The first kappa shape index (κ1) is 33.0. The first-order chi connectivity index (χ1) is 23.0. The van der Waals surface area contributed by atoms with Gasteiger partial charge in [-0.25, -0.2) is 4.79 Å². The first-order valence-corrected chi connectivity index (χ1v) is 18.5. The van der Waals surface area contributed by atoms with Crippen LogP contribution in [0.4, 0.5) is 0 Å². The zero-order chi connectivity index (χ0) is 33.5. The van der Waals surface area contributed by atoms with Crippen molar-refractivity contribution in [1.82, 2.24) is 0 Å². The van der Waals surface area contributed by atoms with Crippen molar-refractivity contribution in [2.75, 3.05) is 6.61 Å². The minimum atomic E-state index is -1.21. The summed E-state index contributed by atoms with van der Waals surface area (Å²) in [7, 11) is 0. The third-order valence-electron chi connectivity index (χ3n) is 14.3.